The monoisotopic (exact) mass is 256 g/mol. The molecule has 0 spiro atoms. The Balaban J connectivity index is 1.90. The Morgan fingerprint density at radius 2 is 2.05 bits per heavy atom. The predicted molar refractivity (Wildman–Crippen MR) is 78.2 cm³/mol. The molecule has 1 heterocycles. The maximum atomic E-state index is 6.23. The van der Waals surface area contributed by atoms with Gasteiger partial charge in [0.2, 0.25) is 0 Å². The first-order valence-electron chi connectivity index (χ1n) is 7.04. The molecule has 0 bridgehead atoms. The lowest BCUT2D eigenvalue weighted by Crippen LogP contribution is -2.28. The van der Waals surface area contributed by atoms with E-state index in [4.69, 9.17) is 10.5 Å². The SMILES string of the molecule is CC1CCCCC1Oc1ccc2cnccc2c1N. The van der Waals surface area contributed by atoms with Crippen molar-refractivity contribution in [2.45, 2.75) is 38.7 Å². The highest BCUT2D eigenvalue weighted by Crippen LogP contribution is 2.34. The van der Waals surface area contributed by atoms with E-state index in [2.05, 4.69) is 11.9 Å². The molecule has 1 saturated carbocycles. The van der Waals surface area contributed by atoms with Crippen LogP contribution in [0, 0.1) is 5.92 Å². The van der Waals surface area contributed by atoms with Crippen LogP contribution in [0.5, 0.6) is 5.75 Å². The Morgan fingerprint density at radius 3 is 2.89 bits per heavy atom. The Kier molecular flexibility index (Phi) is 3.28. The molecule has 1 aromatic carbocycles. The van der Waals surface area contributed by atoms with E-state index in [1.54, 1.807) is 6.20 Å². The van der Waals surface area contributed by atoms with E-state index in [0.717, 1.165) is 28.6 Å². The summed E-state index contributed by atoms with van der Waals surface area (Å²) in [5.41, 5.74) is 6.96. The summed E-state index contributed by atoms with van der Waals surface area (Å²) in [5, 5.41) is 2.08. The van der Waals surface area contributed by atoms with E-state index in [9.17, 15) is 0 Å². The lowest BCUT2D eigenvalue weighted by Gasteiger charge is -2.29. The summed E-state index contributed by atoms with van der Waals surface area (Å²) in [6, 6.07) is 5.95. The van der Waals surface area contributed by atoms with Gasteiger partial charge >= 0.3 is 0 Å². The molecular formula is C16H20N2O. The minimum absolute atomic E-state index is 0.301. The van der Waals surface area contributed by atoms with E-state index in [-0.39, 0.29) is 0 Å². The minimum atomic E-state index is 0.301. The van der Waals surface area contributed by atoms with Gasteiger partial charge in [-0.05, 0) is 43.4 Å². The first kappa shape index (κ1) is 12.3. The third-order valence-electron chi connectivity index (χ3n) is 4.13. The van der Waals surface area contributed by atoms with E-state index in [1.807, 2.05) is 24.4 Å². The molecule has 1 aromatic heterocycles. The van der Waals surface area contributed by atoms with Crippen LogP contribution >= 0.6 is 0 Å². The standard InChI is InChI=1S/C16H20N2O/c1-11-4-2-3-5-14(11)19-15-7-6-12-10-18-9-8-13(12)16(15)17/h6-11,14H,2-5,17H2,1H3. The van der Waals surface area contributed by atoms with Gasteiger partial charge in [-0.1, -0.05) is 13.3 Å². The molecule has 0 radical (unpaired) electrons. The number of aromatic nitrogens is 1. The van der Waals surface area contributed by atoms with Crippen molar-refractivity contribution in [3.63, 3.8) is 0 Å². The Morgan fingerprint density at radius 1 is 1.21 bits per heavy atom. The first-order valence-corrected chi connectivity index (χ1v) is 7.04. The molecular weight excluding hydrogens is 236 g/mol. The zero-order valence-corrected chi connectivity index (χ0v) is 11.3. The molecule has 1 aliphatic carbocycles. The number of anilines is 1. The molecule has 1 aliphatic rings. The van der Waals surface area contributed by atoms with Crippen LogP contribution in [-0.4, -0.2) is 11.1 Å². The van der Waals surface area contributed by atoms with Gasteiger partial charge in [-0.25, -0.2) is 0 Å². The number of nitrogens with zero attached hydrogens (tertiary/aromatic N) is 1. The minimum Gasteiger partial charge on any atom is -0.488 e. The van der Waals surface area contributed by atoms with Crippen LogP contribution in [0.2, 0.25) is 0 Å². The molecule has 2 unspecified atom stereocenters. The van der Waals surface area contributed by atoms with Crippen LogP contribution in [0.3, 0.4) is 0 Å². The fraction of sp³-hybridized carbons (Fsp3) is 0.438. The van der Waals surface area contributed by atoms with E-state index in [1.165, 1.54) is 19.3 Å². The Hall–Kier alpha value is -1.77. The highest BCUT2D eigenvalue weighted by atomic mass is 16.5. The largest absolute Gasteiger partial charge is 0.488 e. The van der Waals surface area contributed by atoms with Crippen molar-refractivity contribution in [1.82, 2.24) is 4.98 Å². The van der Waals surface area contributed by atoms with Crippen molar-refractivity contribution in [1.29, 1.82) is 0 Å². The number of rotatable bonds is 2. The molecule has 3 rings (SSSR count). The number of fused-ring (bicyclic) bond motifs is 1. The molecule has 0 aliphatic heterocycles. The lowest BCUT2D eigenvalue weighted by molar-refractivity contribution is 0.103. The van der Waals surface area contributed by atoms with Gasteiger partial charge < -0.3 is 10.5 Å². The van der Waals surface area contributed by atoms with Gasteiger partial charge in [0.05, 0.1) is 5.69 Å². The number of pyridine rings is 1. The summed E-state index contributed by atoms with van der Waals surface area (Å²) in [7, 11) is 0. The second-order valence-electron chi connectivity index (χ2n) is 5.49. The predicted octanol–water partition coefficient (Wildman–Crippen LogP) is 3.77. The molecule has 3 heteroatoms. The number of hydrogen-bond donors (Lipinski definition) is 1. The summed E-state index contributed by atoms with van der Waals surface area (Å²) in [5.74, 6) is 1.43. The number of hydrogen-bond acceptors (Lipinski definition) is 3. The summed E-state index contributed by atoms with van der Waals surface area (Å²) < 4.78 is 6.16. The molecule has 19 heavy (non-hydrogen) atoms. The van der Waals surface area contributed by atoms with Gasteiger partial charge in [0.25, 0.3) is 0 Å². The summed E-state index contributed by atoms with van der Waals surface area (Å²) in [6.45, 7) is 2.27. The van der Waals surface area contributed by atoms with Crippen molar-refractivity contribution < 1.29 is 4.74 Å². The first-order chi connectivity index (χ1) is 9.25. The number of benzene rings is 1. The van der Waals surface area contributed by atoms with E-state index in [0.29, 0.717) is 12.0 Å². The Bertz CT molecular complexity index is 582. The smallest absolute Gasteiger partial charge is 0.143 e. The highest BCUT2D eigenvalue weighted by molar-refractivity contribution is 5.95. The Labute approximate surface area is 113 Å². The number of nitrogens with two attached hydrogens (primary N) is 1. The van der Waals surface area contributed by atoms with Gasteiger partial charge in [0.15, 0.2) is 0 Å². The molecule has 2 atom stereocenters. The molecule has 100 valence electrons. The average molecular weight is 256 g/mol. The molecule has 3 nitrogen and oxygen atoms in total. The molecule has 2 aromatic rings. The van der Waals surface area contributed by atoms with Crippen molar-refractivity contribution >= 4 is 16.5 Å². The van der Waals surface area contributed by atoms with Crippen LogP contribution < -0.4 is 10.5 Å². The quantitative estimate of drug-likeness (QED) is 0.832. The van der Waals surface area contributed by atoms with E-state index >= 15 is 0 Å². The molecule has 0 amide bonds. The van der Waals surface area contributed by atoms with Crippen molar-refractivity contribution in [2.75, 3.05) is 5.73 Å². The molecule has 1 fully saturated rings. The van der Waals surface area contributed by atoms with Gasteiger partial charge in [-0.3, -0.25) is 4.98 Å². The van der Waals surface area contributed by atoms with Gasteiger partial charge in [-0.2, -0.15) is 0 Å². The average Bonchev–Trinajstić information content (AvgIpc) is 2.44. The van der Waals surface area contributed by atoms with E-state index < -0.39 is 0 Å². The zero-order chi connectivity index (χ0) is 13.2. The number of nitrogen functional groups attached to an aromatic ring is 1. The van der Waals surface area contributed by atoms with Crippen LogP contribution in [0.25, 0.3) is 10.8 Å². The van der Waals surface area contributed by atoms with Gasteiger partial charge in [0.1, 0.15) is 11.9 Å². The number of ether oxygens (including phenoxy) is 1. The van der Waals surface area contributed by atoms with Gasteiger partial charge in [-0.15, -0.1) is 0 Å². The summed E-state index contributed by atoms with van der Waals surface area (Å²) >= 11 is 0. The van der Waals surface area contributed by atoms with Crippen LogP contribution in [0.15, 0.2) is 30.6 Å². The summed E-state index contributed by atoms with van der Waals surface area (Å²) in [6.07, 6.45) is 8.86. The van der Waals surface area contributed by atoms with Crippen molar-refractivity contribution in [3.8, 4) is 5.75 Å². The van der Waals surface area contributed by atoms with Crippen LogP contribution in [0.4, 0.5) is 5.69 Å². The zero-order valence-electron chi connectivity index (χ0n) is 11.3. The lowest BCUT2D eigenvalue weighted by atomic mass is 9.88. The van der Waals surface area contributed by atoms with Gasteiger partial charge in [0, 0.05) is 23.2 Å². The summed E-state index contributed by atoms with van der Waals surface area (Å²) in [4.78, 5) is 4.12. The molecule has 0 saturated heterocycles. The second-order valence-corrected chi connectivity index (χ2v) is 5.49. The normalized spacial score (nSPS) is 23.4. The van der Waals surface area contributed by atoms with Crippen molar-refractivity contribution in [3.05, 3.63) is 30.6 Å². The maximum Gasteiger partial charge on any atom is 0.143 e. The topological polar surface area (TPSA) is 48.1 Å². The maximum absolute atomic E-state index is 6.23. The third-order valence-corrected chi connectivity index (χ3v) is 4.13. The molecule has 2 N–H and O–H groups in total. The highest BCUT2D eigenvalue weighted by Gasteiger charge is 2.23. The second kappa shape index (κ2) is 5.08. The third kappa shape index (κ3) is 2.37. The fourth-order valence-electron chi connectivity index (χ4n) is 2.90. The van der Waals surface area contributed by atoms with Crippen molar-refractivity contribution in [2.24, 2.45) is 5.92 Å². The van der Waals surface area contributed by atoms with Crippen LogP contribution in [-0.2, 0) is 0 Å². The fourth-order valence-corrected chi connectivity index (χ4v) is 2.90. The van der Waals surface area contributed by atoms with Crippen LogP contribution in [0.1, 0.15) is 32.6 Å².